The molecule has 3 nitrogen and oxygen atoms in total. The summed E-state index contributed by atoms with van der Waals surface area (Å²) in [5.41, 5.74) is 6.26. The van der Waals surface area contributed by atoms with Gasteiger partial charge in [0, 0.05) is 12.5 Å². The molecule has 0 bridgehead atoms. The lowest BCUT2D eigenvalue weighted by Gasteiger charge is -2.20. The van der Waals surface area contributed by atoms with E-state index in [-0.39, 0.29) is 17.8 Å². The number of nitrogens with one attached hydrogen (secondary N) is 2. The quantitative estimate of drug-likeness (QED) is 0.795. The first kappa shape index (κ1) is 10.8. The zero-order valence-corrected chi connectivity index (χ0v) is 8.74. The predicted octanol–water partition coefficient (Wildman–Crippen LogP) is 1.62. The van der Waals surface area contributed by atoms with Crippen molar-refractivity contribution in [2.45, 2.75) is 18.9 Å². The second kappa shape index (κ2) is 4.90. The van der Waals surface area contributed by atoms with Crippen LogP contribution in [0, 0.1) is 5.82 Å². The molecule has 1 unspecified atom stereocenters. The van der Waals surface area contributed by atoms with Crippen LogP contribution in [0.15, 0.2) is 30.3 Å². The second-order valence-electron chi connectivity index (χ2n) is 3.75. The van der Waals surface area contributed by atoms with Crippen molar-refractivity contribution in [3.8, 4) is 0 Å². The van der Waals surface area contributed by atoms with Crippen LogP contribution in [0.4, 0.5) is 4.39 Å². The minimum absolute atomic E-state index is 0.00963. The second-order valence-corrected chi connectivity index (χ2v) is 3.75. The summed E-state index contributed by atoms with van der Waals surface area (Å²) in [5.74, 6) is -0.234. The Balaban J connectivity index is 1.96. The normalized spacial score (nSPS) is 21.1. The number of rotatable bonds is 2. The van der Waals surface area contributed by atoms with Crippen LogP contribution in [0.1, 0.15) is 18.4 Å². The highest BCUT2D eigenvalue weighted by Gasteiger charge is 2.14. The van der Waals surface area contributed by atoms with E-state index in [1.165, 1.54) is 12.1 Å². The highest BCUT2D eigenvalue weighted by Crippen LogP contribution is 2.08. The minimum atomic E-state index is -0.243. The van der Waals surface area contributed by atoms with Gasteiger partial charge in [-0.25, -0.2) is 9.82 Å². The van der Waals surface area contributed by atoms with Gasteiger partial charge in [0.2, 0.25) is 5.91 Å². The minimum Gasteiger partial charge on any atom is -0.291 e. The molecule has 1 saturated heterocycles. The van der Waals surface area contributed by atoms with Gasteiger partial charge in [-0.15, -0.1) is 0 Å². The third-order valence-electron chi connectivity index (χ3n) is 2.45. The average Bonchev–Trinajstić information content (AvgIpc) is 2.28. The third-order valence-corrected chi connectivity index (χ3v) is 2.45. The molecule has 0 radical (unpaired) electrons. The Labute approximate surface area is 93.3 Å². The van der Waals surface area contributed by atoms with E-state index in [9.17, 15) is 9.18 Å². The number of carbonyl (C=O) groups is 1. The molecule has 0 aromatic heterocycles. The first-order valence-electron chi connectivity index (χ1n) is 5.22. The Morgan fingerprint density at radius 1 is 1.44 bits per heavy atom. The number of amides is 1. The van der Waals surface area contributed by atoms with Gasteiger partial charge >= 0.3 is 0 Å². The number of hydrogen-bond acceptors (Lipinski definition) is 2. The fraction of sp³-hybridized carbons (Fsp3) is 0.250. The van der Waals surface area contributed by atoms with Crippen molar-refractivity contribution >= 4 is 12.0 Å². The van der Waals surface area contributed by atoms with Crippen LogP contribution in [0.5, 0.6) is 0 Å². The summed E-state index contributed by atoms with van der Waals surface area (Å²) in [6.45, 7) is 0. The van der Waals surface area contributed by atoms with Gasteiger partial charge in [-0.05, 0) is 24.1 Å². The van der Waals surface area contributed by atoms with E-state index in [0.29, 0.717) is 6.42 Å². The standard InChI is InChI=1S/C12H13FN2O/c13-10-3-1-2-9(8-10)4-5-11-6-7-12(16)15-14-11/h1-5,8,11,14H,6-7H2,(H,15,16)/b5-4+. The summed E-state index contributed by atoms with van der Waals surface area (Å²) in [6.07, 6.45) is 5.05. The SMILES string of the molecule is O=C1CCC(/C=C/c2cccc(F)c2)NN1. The summed E-state index contributed by atoms with van der Waals surface area (Å²) in [6, 6.07) is 6.50. The zero-order valence-electron chi connectivity index (χ0n) is 8.74. The van der Waals surface area contributed by atoms with Gasteiger partial charge in [0.25, 0.3) is 0 Å². The van der Waals surface area contributed by atoms with Gasteiger partial charge in [0.05, 0.1) is 0 Å². The summed E-state index contributed by atoms with van der Waals surface area (Å²) >= 11 is 0. The Morgan fingerprint density at radius 2 is 2.31 bits per heavy atom. The van der Waals surface area contributed by atoms with Crippen LogP contribution < -0.4 is 10.9 Å². The Bertz CT molecular complexity index is 407. The summed E-state index contributed by atoms with van der Waals surface area (Å²) in [4.78, 5) is 10.9. The molecule has 1 amide bonds. The smallest absolute Gasteiger partial charge is 0.234 e. The summed E-state index contributed by atoms with van der Waals surface area (Å²) in [5, 5.41) is 0. The van der Waals surface area contributed by atoms with E-state index in [2.05, 4.69) is 10.9 Å². The van der Waals surface area contributed by atoms with E-state index < -0.39 is 0 Å². The molecule has 1 fully saturated rings. The lowest BCUT2D eigenvalue weighted by Crippen LogP contribution is -2.48. The van der Waals surface area contributed by atoms with Crippen LogP contribution in [-0.2, 0) is 4.79 Å². The van der Waals surface area contributed by atoms with Gasteiger partial charge in [-0.2, -0.15) is 0 Å². The van der Waals surface area contributed by atoms with Gasteiger partial charge in [0.15, 0.2) is 0 Å². The molecule has 1 aromatic rings. The molecule has 84 valence electrons. The fourth-order valence-electron chi connectivity index (χ4n) is 1.58. The van der Waals surface area contributed by atoms with Crippen molar-refractivity contribution in [1.29, 1.82) is 0 Å². The average molecular weight is 220 g/mol. The number of halogens is 1. The summed E-state index contributed by atoms with van der Waals surface area (Å²) < 4.78 is 12.9. The van der Waals surface area contributed by atoms with E-state index in [4.69, 9.17) is 0 Å². The molecule has 1 atom stereocenters. The van der Waals surface area contributed by atoms with Gasteiger partial charge in [-0.1, -0.05) is 24.3 Å². The molecular weight excluding hydrogens is 207 g/mol. The Morgan fingerprint density at radius 3 is 3.00 bits per heavy atom. The topological polar surface area (TPSA) is 41.1 Å². The van der Waals surface area contributed by atoms with Gasteiger partial charge in [-0.3, -0.25) is 10.2 Å². The van der Waals surface area contributed by atoms with Crippen LogP contribution in [0.2, 0.25) is 0 Å². The molecule has 1 aromatic carbocycles. The van der Waals surface area contributed by atoms with E-state index in [0.717, 1.165) is 12.0 Å². The van der Waals surface area contributed by atoms with Gasteiger partial charge in [0.1, 0.15) is 5.82 Å². The fourth-order valence-corrected chi connectivity index (χ4v) is 1.58. The molecule has 16 heavy (non-hydrogen) atoms. The van der Waals surface area contributed by atoms with Crippen LogP contribution in [-0.4, -0.2) is 11.9 Å². The molecule has 2 rings (SSSR count). The molecule has 0 saturated carbocycles. The lowest BCUT2D eigenvalue weighted by molar-refractivity contribution is -0.123. The van der Waals surface area contributed by atoms with Crippen LogP contribution >= 0.6 is 0 Å². The van der Waals surface area contributed by atoms with E-state index in [1.54, 1.807) is 6.07 Å². The first-order chi connectivity index (χ1) is 7.74. The molecule has 1 aliphatic rings. The monoisotopic (exact) mass is 220 g/mol. The van der Waals surface area contributed by atoms with E-state index in [1.807, 2.05) is 18.2 Å². The number of hydrazine groups is 1. The molecule has 2 N–H and O–H groups in total. The maximum absolute atomic E-state index is 12.9. The summed E-state index contributed by atoms with van der Waals surface area (Å²) in [7, 11) is 0. The third kappa shape index (κ3) is 2.90. The first-order valence-corrected chi connectivity index (χ1v) is 5.22. The molecular formula is C12H13FN2O. The largest absolute Gasteiger partial charge is 0.291 e. The molecule has 4 heteroatoms. The van der Waals surface area contributed by atoms with Gasteiger partial charge < -0.3 is 0 Å². The van der Waals surface area contributed by atoms with Crippen LogP contribution in [0.3, 0.4) is 0 Å². The van der Waals surface area contributed by atoms with Crippen molar-refractivity contribution in [2.24, 2.45) is 0 Å². The Kier molecular flexibility index (Phi) is 3.31. The van der Waals surface area contributed by atoms with E-state index >= 15 is 0 Å². The number of carbonyl (C=O) groups excluding carboxylic acids is 1. The van der Waals surface area contributed by atoms with Crippen molar-refractivity contribution in [3.05, 3.63) is 41.7 Å². The number of hydrogen-bond donors (Lipinski definition) is 2. The lowest BCUT2D eigenvalue weighted by atomic mass is 10.1. The maximum atomic E-state index is 12.9. The highest BCUT2D eigenvalue weighted by molar-refractivity contribution is 5.76. The molecule has 1 heterocycles. The van der Waals surface area contributed by atoms with Crippen molar-refractivity contribution < 1.29 is 9.18 Å². The van der Waals surface area contributed by atoms with Crippen LogP contribution in [0.25, 0.3) is 6.08 Å². The maximum Gasteiger partial charge on any atom is 0.234 e. The molecule has 0 spiro atoms. The zero-order chi connectivity index (χ0) is 11.4. The van der Waals surface area contributed by atoms with Crippen molar-refractivity contribution in [1.82, 2.24) is 10.9 Å². The highest BCUT2D eigenvalue weighted by atomic mass is 19.1. The Hall–Kier alpha value is -1.68. The predicted molar refractivity (Wildman–Crippen MR) is 59.7 cm³/mol. The molecule has 1 aliphatic heterocycles. The van der Waals surface area contributed by atoms with Crippen molar-refractivity contribution in [3.63, 3.8) is 0 Å². The molecule has 0 aliphatic carbocycles. The van der Waals surface area contributed by atoms with Crippen molar-refractivity contribution in [2.75, 3.05) is 0 Å². The number of benzene rings is 1.